The van der Waals surface area contributed by atoms with Crippen molar-refractivity contribution < 1.29 is 4.79 Å². The Morgan fingerprint density at radius 1 is 1.33 bits per heavy atom. The van der Waals surface area contributed by atoms with Gasteiger partial charge in [0.15, 0.2) is 0 Å². The molecule has 4 nitrogen and oxygen atoms in total. The lowest BCUT2D eigenvalue weighted by Gasteiger charge is -2.04. The van der Waals surface area contributed by atoms with Gasteiger partial charge in [-0.25, -0.2) is 4.79 Å². The number of nitrogens with one attached hydrogen (secondary N) is 3. The second kappa shape index (κ2) is 3.77. The third-order valence-electron chi connectivity index (χ3n) is 0.793. The Kier molecular flexibility index (Phi) is 3.27. The molecule has 0 fully saturated rings. The predicted octanol–water partition coefficient (Wildman–Crippen LogP) is -0.394. The molecule has 0 heterocycles. The molecule has 0 aromatic rings. The van der Waals surface area contributed by atoms with Gasteiger partial charge in [-0.3, -0.25) is 5.32 Å². The summed E-state index contributed by atoms with van der Waals surface area (Å²) in [6.45, 7) is 3.48. The minimum Gasteiger partial charge on any atom is -0.375 e. The van der Waals surface area contributed by atoms with E-state index in [1.54, 1.807) is 7.05 Å². The van der Waals surface area contributed by atoms with Crippen LogP contribution in [0.3, 0.4) is 0 Å². The Bertz CT molecular complexity index is 107. The molecule has 52 valence electrons. The lowest BCUT2D eigenvalue weighted by Crippen LogP contribution is -2.35. The van der Waals surface area contributed by atoms with E-state index < -0.39 is 0 Å². The molecule has 0 aliphatic heterocycles. The van der Waals surface area contributed by atoms with Crippen molar-refractivity contribution in [1.82, 2.24) is 16.0 Å². The fraction of sp³-hybridized carbons (Fsp3) is 0.400. The molecule has 0 radical (unpaired) electrons. The highest BCUT2D eigenvalue weighted by Crippen LogP contribution is 1.70. The maximum absolute atomic E-state index is 10.5. The second-order valence-electron chi connectivity index (χ2n) is 1.43. The van der Waals surface area contributed by atoms with E-state index >= 15 is 0 Å². The van der Waals surface area contributed by atoms with E-state index in [1.807, 2.05) is 0 Å². The van der Waals surface area contributed by atoms with E-state index in [0.29, 0.717) is 5.82 Å². The molecule has 0 aliphatic rings. The summed E-state index contributed by atoms with van der Waals surface area (Å²) in [5, 5.41) is 7.47. The van der Waals surface area contributed by atoms with Gasteiger partial charge in [-0.1, -0.05) is 6.58 Å². The number of rotatable bonds is 2. The summed E-state index contributed by atoms with van der Waals surface area (Å²) in [5.74, 6) is 0.481. The van der Waals surface area contributed by atoms with Crippen molar-refractivity contribution in [2.45, 2.75) is 0 Å². The normalized spacial score (nSPS) is 7.78. The second-order valence-corrected chi connectivity index (χ2v) is 1.43. The average molecular weight is 129 g/mol. The number of urea groups is 1. The standard InChI is InChI=1S/C5H11N3O/c1-4(6-2)8-5(9)7-3/h6H,1H2,2-3H3,(H2,7,8,9). The third kappa shape index (κ3) is 3.40. The van der Waals surface area contributed by atoms with E-state index in [2.05, 4.69) is 22.5 Å². The van der Waals surface area contributed by atoms with Crippen LogP contribution in [0.2, 0.25) is 0 Å². The molecule has 0 saturated carbocycles. The topological polar surface area (TPSA) is 53.2 Å². The van der Waals surface area contributed by atoms with Gasteiger partial charge in [0.2, 0.25) is 0 Å². The molecule has 9 heavy (non-hydrogen) atoms. The third-order valence-corrected chi connectivity index (χ3v) is 0.793. The van der Waals surface area contributed by atoms with Crippen LogP contribution in [0.5, 0.6) is 0 Å². The fourth-order valence-electron chi connectivity index (χ4n) is 0.262. The number of carbonyl (C=O) groups is 1. The number of hydrogen-bond donors (Lipinski definition) is 3. The van der Waals surface area contributed by atoms with Crippen molar-refractivity contribution >= 4 is 6.03 Å². The molecule has 0 spiro atoms. The van der Waals surface area contributed by atoms with E-state index in [-0.39, 0.29) is 6.03 Å². The minimum atomic E-state index is -0.269. The first-order chi connectivity index (χ1) is 4.20. The van der Waals surface area contributed by atoms with Gasteiger partial charge in [0.1, 0.15) is 0 Å². The van der Waals surface area contributed by atoms with Crippen LogP contribution in [0.1, 0.15) is 0 Å². The van der Waals surface area contributed by atoms with Crippen LogP contribution in [-0.2, 0) is 0 Å². The van der Waals surface area contributed by atoms with E-state index in [1.165, 1.54) is 7.05 Å². The highest BCUT2D eigenvalue weighted by atomic mass is 16.2. The van der Waals surface area contributed by atoms with Crippen LogP contribution in [0.4, 0.5) is 4.79 Å². The summed E-state index contributed by atoms with van der Waals surface area (Å²) in [6.07, 6.45) is 0. The van der Waals surface area contributed by atoms with E-state index in [9.17, 15) is 4.79 Å². The first-order valence-electron chi connectivity index (χ1n) is 2.56. The Balaban J connectivity index is 3.47. The molecule has 0 bridgehead atoms. The summed E-state index contributed by atoms with van der Waals surface area (Å²) in [4.78, 5) is 10.5. The summed E-state index contributed by atoms with van der Waals surface area (Å²) in [5.41, 5.74) is 0. The summed E-state index contributed by atoms with van der Waals surface area (Å²) in [7, 11) is 3.22. The van der Waals surface area contributed by atoms with Crippen molar-refractivity contribution in [1.29, 1.82) is 0 Å². The largest absolute Gasteiger partial charge is 0.375 e. The van der Waals surface area contributed by atoms with Crippen molar-refractivity contribution in [3.05, 3.63) is 12.4 Å². The summed E-state index contributed by atoms with van der Waals surface area (Å²) < 4.78 is 0. The first-order valence-corrected chi connectivity index (χ1v) is 2.56. The number of amides is 2. The van der Waals surface area contributed by atoms with Gasteiger partial charge in [0.25, 0.3) is 0 Å². The molecule has 0 unspecified atom stereocenters. The zero-order valence-electron chi connectivity index (χ0n) is 5.62. The van der Waals surface area contributed by atoms with Crippen LogP contribution >= 0.6 is 0 Å². The average Bonchev–Trinajstić information content (AvgIpc) is 1.87. The van der Waals surface area contributed by atoms with Crippen molar-refractivity contribution in [3.8, 4) is 0 Å². The van der Waals surface area contributed by atoms with Gasteiger partial charge >= 0.3 is 6.03 Å². The van der Waals surface area contributed by atoms with Gasteiger partial charge in [0, 0.05) is 14.1 Å². The lowest BCUT2D eigenvalue weighted by atomic mass is 10.7. The SMILES string of the molecule is C=C(NC)NC(=O)NC. The summed E-state index contributed by atoms with van der Waals surface area (Å²) >= 11 is 0. The lowest BCUT2D eigenvalue weighted by molar-refractivity contribution is 0.245. The molecular formula is C5H11N3O. The Morgan fingerprint density at radius 3 is 2.22 bits per heavy atom. The number of hydrogen-bond acceptors (Lipinski definition) is 2. The predicted molar refractivity (Wildman–Crippen MR) is 35.8 cm³/mol. The Hall–Kier alpha value is -1.19. The van der Waals surface area contributed by atoms with E-state index in [0.717, 1.165) is 0 Å². The van der Waals surface area contributed by atoms with Gasteiger partial charge in [0.05, 0.1) is 5.82 Å². The van der Waals surface area contributed by atoms with Crippen LogP contribution in [0.25, 0.3) is 0 Å². The Morgan fingerprint density at radius 2 is 1.89 bits per heavy atom. The first kappa shape index (κ1) is 7.81. The molecule has 0 aromatic carbocycles. The summed E-state index contributed by atoms with van der Waals surface area (Å²) in [6, 6.07) is -0.269. The fourth-order valence-corrected chi connectivity index (χ4v) is 0.262. The maximum atomic E-state index is 10.5. The zero-order chi connectivity index (χ0) is 7.28. The Labute approximate surface area is 54.3 Å². The van der Waals surface area contributed by atoms with Gasteiger partial charge in [-0.2, -0.15) is 0 Å². The minimum absolute atomic E-state index is 0.269. The van der Waals surface area contributed by atoms with Crippen LogP contribution in [0.15, 0.2) is 12.4 Å². The molecule has 0 atom stereocenters. The molecule has 0 saturated heterocycles. The molecular weight excluding hydrogens is 118 g/mol. The van der Waals surface area contributed by atoms with Crippen LogP contribution in [0, 0.1) is 0 Å². The molecule has 0 aliphatic carbocycles. The highest BCUT2D eigenvalue weighted by Gasteiger charge is 1.93. The monoisotopic (exact) mass is 129 g/mol. The highest BCUT2D eigenvalue weighted by molar-refractivity contribution is 5.75. The zero-order valence-corrected chi connectivity index (χ0v) is 5.62. The van der Waals surface area contributed by atoms with Crippen molar-refractivity contribution in [2.75, 3.05) is 14.1 Å². The molecule has 2 amide bonds. The quantitative estimate of drug-likeness (QED) is 0.475. The van der Waals surface area contributed by atoms with Gasteiger partial charge in [-0.05, 0) is 0 Å². The maximum Gasteiger partial charge on any atom is 0.320 e. The molecule has 3 N–H and O–H groups in total. The smallest absolute Gasteiger partial charge is 0.320 e. The van der Waals surface area contributed by atoms with Gasteiger partial charge < -0.3 is 10.6 Å². The van der Waals surface area contributed by atoms with Crippen molar-refractivity contribution in [3.63, 3.8) is 0 Å². The van der Waals surface area contributed by atoms with Crippen molar-refractivity contribution in [2.24, 2.45) is 0 Å². The number of carbonyl (C=O) groups excluding carboxylic acids is 1. The molecule has 0 rings (SSSR count). The molecule has 0 aromatic heterocycles. The van der Waals surface area contributed by atoms with E-state index in [4.69, 9.17) is 0 Å². The molecule has 4 heteroatoms. The van der Waals surface area contributed by atoms with Crippen LogP contribution < -0.4 is 16.0 Å². The van der Waals surface area contributed by atoms with Crippen LogP contribution in [-0.4, -0.2) is 20.1 Å². The van der Waals surface area contributed by atoms with Gasteiger partial charge in [-0.15, -0.1) is 0 Å².